The van der Waals surface area contributed by atoms with Crippen molar-refractivity contribution < 1.29 is 9.84 Å². The van der Waals surface area contributed by atoms with Gasteiger partial charge in [0.25, 0.3) is 0 Å². The molecule has 100 valence electrons. The van der Waals surface area contributed by atoms with Crippen LogP contribution >= 0.6 is 0 Å². The molecule has 0 radical (unpaired) electrons. The van der Waals surface area contributed by atoms with Crippen molar-refractivity contribution in [1.29, 1.82) is 0 Å². The first kappa shape index (κ1) is 13.4. The van der Waals surface area contributed by atoms with E-state index in [4.69, 9.17) is 9.84 Å². The maximum Gasteiger partial charge on any atom is 0.119 e. The average Bonchev–Trinajstić information content (AvgIpc) is 2.39. The van der Waals surface area contributed by atoms with Gasteiger partial charge in [0.2, 0.25) is 0 Å². The van der Waals surface area contributed by atoms with Gasteiger partial charge in [-0.15, -0.1) is 0 Å². The Balaban J connectivity index is 1.93. The third kappa shape index (κ3) is 3.47. The first-order valence-corrected chi connectivity index (χ1v) is 6.75. The molecule has 1 aliphatic heterocycles. The van der Waals surface area contributed by atoms with E-state index in [9.17, 15) is 0 Å². The second kappa shape index (κ2) is 6.21. The van der Waals surface area contributed by atoms with Gasteiger partial charge in [-0.05, 0) is 44.1 Å². The van der Waals surface area contributed by atoms with E-state index in [2.05, 4.69) is 11.9 Å². The molecule has 2 atom stereocenters. The Kier molecular flexibility index (Phi) is 4.61. The first-order chi connectivity index (χ1) is 8.69. The van der Waals surface area contributed by atoms with E-state index in [1.54, 1.807) is 0 Å². The molecule has 1 heterocycles. The zero-order valence-electron chi connectivity index (χ0n) is 11.3. The topological polar surface area (TPSA) is 32.7 Å². The summed E-state index contributed by atoms with van der Waals surface area (Å²) in [6.45, 7) is 4.39. The summed E-state index contributed by atoms with van der Waals surface area (Å²) in [6.07, 6.45) is 2.66. The number of hydrogen-bond acceptors (Lipinski definition) is 3. The number of nitrogens with zero attached hydrogens (tertiary/aromatic N) is 1. The summed E-state index contributed by atoms with van der Waals surface area (Å²) in [4.78, 5) is 2.32. The molecule has 3 heteroatoms. The van der Waals surface area contributed by atoms with E-state index in [1.165, 1.54) is 13.0 Å². The van der Waals surface area contributed by atoms with Crippen LogP contribution in [0.3, 0.4) is 0 Å². The molecule has 1 aromatic rings. The highest BCUT2D eigenvalue weighted by molar-refractivity contribution is 5.29. The smallest absolute Gasteiger partial charge is 0.119 e. The van der Waals surface area contributed by atoms with Gasteiger partial charge in [0.1, 0.15) is 11.9 Å². The van der Waals surface area contributed by atoms with Gasteiger partial charge in [-0.1, -0.05) is 19.1 Å². The first-order valence-electron chi connectivity index (χ1n) is 6.75. The van der Waals surface area contributed by atoms with Gasteiger partial charge in [0, 0.05) is 19.1 Å². The average molecular weight is 249 g/mol. The summed E-state index contributed by atoms with van der Waals surface area (Å²) in [7, 11) is 2.14. The fourth-order valence-electron chi connectivity index (χ4n) is 2.39. The van der Waals surface area contributed by atoms with Crippen molar-refractivity contribution in [2.24, 2.45) is 0 Å². The van der Waals surface area contributed by atoms with E-state index in [1.807, 2.05) is 31.2 Å². The van der Waals surface area contributed by atoms with Crippen LogP contribution in [-0.2, 0) is 0 Å². The van der Waals surface area contributed by atoms with Gasteiger partial charge in [-0.25, -0.2) is 0 Å². The molecule has 0 bridgehead atoms. The Hall–Kier alpha value is -1.06. The van der Waals surface area contributed by atoms with Crippen LogP contribution < -0.4 is 4.74 Å². The molecular formula is C15H23NO2. The summed E-state index contributed by atoms with van der Waals surface area (Å²) in [5, 5.41) is 9.11. The Bertz CT molecular complexity index is 363. The van der Waals surface area contributed by atoms with Crippen LogP contribution in [0.25, 0.3) is 0 Å². The SMILES string of the molecule is CC(CO)c1ccc(OC2CCCN(C)C2)cc1. The van der Waals surface area contributed by atoms with Crippen molar-refractivity contribution in [2.45, 2.75) is 31.8 Å². The highest BCUT2D eigenvalue weighted by Crippen LogP contribution is 2.21. The van der Waals surface area contributed by atoms with Crippen molar-refractivity contribution in [1.82, 2.24) is 4.90 Å². The molecule has 1 fully saturated rings. The fourth-order valence-corrected chi connectivity index (χ4v) is 2.39. The lowest BCUT2D eigenvalue weighted by molar-refractivity contribution is 0.104. The highest BCUT2D eigenvalue weighted by Gasteiger charge is 2.18. The Morgan fingerprint density at radius 3 is 2.72 bits per heavy atom. The molecule has 3 nitrogen and oxygen atoms in total. The minimum atomic E-state index is 0.188. The van der Waals surface area contributed by atoms with Crippen molar-refractivity contribution in [3.8, 4) is 5.75 Å². The van der Waals surface area contributed by atoms with Crippen molar-refractivity contribution >= 4 is 0 Å². The molecule has 1 N–H and O–H groups in total. The number of benzene rings is 1. The molecule has 2 unspecified atom stereocenters. The van der Waals surface area contributed by atoms with Crippen LogP contribution in [0.15, 0.2) is 24.3 Å². The third-order valence-corrected chi connectivity index (χ3v) is 3.61. The lowest BCUT2D eigenvalue weighted by atomic mass is 10.0. The van der Waals surface area contributed by atoms with E-state index >= 15 is 0 Å². The number of likely N-dealkylation sites (tertiary alicyclic amines) is 1. The Morgan fingerprint density at radius 1 is 1.39 bits per heavy atom. The summed E-state index contributed by atoms with van der Waals surface area (Å²) in [5.74, 6) is 1.13. The summed E-state index contributed by atoms with van der Waals surface area (Å²) < 4.78 is 5.99. The Labute approximate surface area is 109 Å². The van der Waals surface area contributed by atoms with Gasteiger partial charge < -0.3 is 14.7 Å². The lowest BCUT2D eigenvalue weighted by Gasteiger charge is -2.30. The summed E-state index contributed by atoms with van der Waals surface area (Å²) in [6, 6.07) is 8.11. The van der Waals surface area contributed by atoms with Crippen LogP contribution in [-0.4, -0.2) is 42.9 Å². The number of aliphatic hydroxyl groups excluding tert-OH is 1. The van der Waals surface area contributed by atoms with Crippen molar-refractivity contribution in [3.05, 3.63) is 29.8 Å². The molecule has 1 saturated heterocycles. The molecule has 0 amide bonds. The van der Waals surface area contributed by atoms with Crippen LogP contribution in [0.1, 0.15) is 31.2 Å². The van der Waals surface area contributed by atoms with E-state index in [0.29, 0.717) is 6.10 Å². The second-order valence-electron chi connectivity index (χ2n) is 5.30. The molecule has 0 saturated carbocycles. The van der Waals surface area contributed by atoms with Crippen molar-refractivity contribution in [2.75, 3.05) is 26.7 Å². The van der Waals surface area contributed by atoms with Crippen LogP contribution in [0.4, 0.5) is 0 Å². The third-order valence-electron chi connectivity index (χ3n) is 3.61. The van der Waals surface area contributed by atoms with Gasteiger partial charge in [-0.2, -0.15) is 0 Å². The number of likely N-dealkylation sites (N-methyl/N-ethyl adjacent to an activating group) is 1. The maximum atomic E-state index is 9.11. The molecule has 2 rings (SSSR count). The zero-order valence-corrected chi connectivity index (χ0v) is 11.3. The summed E-state index contributed by atoms with van der Waals surface area (Å²) >= 11 is 0. The zero-order chi connectivity index (χ0) is 13.0. The van der Waals surface area contributed by atoms with Gasteiger partial charge in [0.15, 0.2) is 0 Å². The van der Waals surface area contributed by atoms with Crippen LogP contribution in [0, 0.1) is 0 Å². The van der Waals surface area contributed by atoms with Crippen LogP contribution in [0.2, 0.25) is 0 Å². The minimum Gasteiger partial charge on any atom is -0.489 e. The molecule has 0 aromatic heterocycles. The van der Waals surface area contributed by atoms with Gasteiger partial charge in [0.05, 0.1) is 0 Å². The number of piperidine rings is 1. The highest BCUT2D eigenvalue weighted by atomic mass is 16.5. The standard InChI is InChI=1S/C15H23NO2/c1-12(11-17)13-5-7-14(8-6-13)18-15-4-3-9-16(2)10-15/h5-8,12,15,17H,3-4,9-11H2,1-2H3. The van der Waals surface area contributed by atoms with E-state index in [-0.39, 0.29) is 12.5 Å². The molecular weight excluding hydrogens is 226 g/mol. The summed E-state index contributed by atoms with van der Waals surface area (Å²) in [5.41, 5.74) is 1.16. The van der Waals surface area contributed by atoms with Crippen LogP contribution in [0.5, 0.6) is 5.75 Å². The number of aliphatic hydroxyl groups is 1. The largest absolute Gasteiger partial charge is 0.489 e. The molecule has 0 aliphatic carbocycles. The predicted molar refractivity (Wildman–Crippen MR) is 73.1 cm³/mol. The number of hydrogen-bond donors (Lipinski definition) is 1. The van der Waals surface area contributed by atoms with Crippen molar-refractivity contribution in [3.63, 3.8) is 0 Å². The molecule has 1 aromatic carbocycles. The molecule has 18 heavy (non-hydrogen) atoms. The van der Waals surface area contributed by atoms with Gasteiger partial charge in [-0.3, -0.25) is 0 Å². The number of rotatable bonds is 4. The molecule has 0 spiro atoms. The second-order valence-corrected chi connectivity index (χ2v) is 5.30. The number of ether oxygens (including phenoxy) is 1. The quantitative estimate of drug-likeness (QED) is 0.888. The fraction of sp³-hybridized carbons (Fsp3) is 0.600. The lowest BCUT2D eigenvalue weighted by Crippen LogP contribution is -2.38. The normalized spacial score (nSPS) is 22.7. The predicted octanol–water partition coefficient (Wildman–Crippen LogP) is 2.26. The molecule has 1 aliphatic rings. The maximum absolute atomic E-state index is 9.11. The Morgan fingerprint density at radius 2 is 2.11 bits per heavy atom. The van der Waals surface area contributed by atoms with E-state index < -0.39 is 0 Å². The van der Waals surface area contributed by atoms with Gasteiger partial charge >= 0.3 is 0 Å². The monoisotopic (exact) mass is 249 g/mol. The van der Waals surface area contributed by atoms with E-state index in [0.717, 1.165) is 24.3 Å². The minimum absolute atomic E-state index is 0.188.